The second-order valence-corrected chi connectivity index (χ2v) is 5.55. The van der Waals surface area contributed by atoms with Crippen molar-refractivity contribution in [1.29, 1.82) is 0 Å². The van der Waals surface area contributed by atoms with Crippen LogP contribution in [0.3, 0.4) is 0 Å². The summed E-state index contributed by atoms with van der Waals surface area (Å²) in [6.07, 6.45) is 0. The average Bonchev–Trinajstić information content (AvgIpc) is 2.97. The molecule has 8 heteroatoms. The Balaban J connectivity index is 1.83. The fourth-order valence-corrected chi connectivity index (χ4v) is 2.44. The molecule has 0 atom stereocenters. The molecule has 0 aliphatic rings. The Morgan fingerprint density at radius 1 is 1.20 bits per heavy atom. The second-order valence-electron chi connectivity index (χ2n) is 4.26. The highest BCUT2D eigenvalue weighted by molar-refractivity contribution is 7.11. The molecule has 0 saturated carbocycles. The number of thiazole rings is 1. The number of guanidine groups is 1. The van der Waals surface area contributed by atoms with E-state index in [-0.39, 0.29) is 0 Å². The molecule has 0 aliphatic carbocycles. The summed E-state index contributed by atoms with van der Waals surface area (Å²) in [6.45, 7) is 6.95. The molecule has 0 unspecified atom stereocenters. The van der Waals surface area contributed by atoms with Crippen LogP contribution in [0.1, 0.15) is 27.3 Å². The zero-order valence-corrected chi connectivity index (χ0v) is 12.8. The van der Waals surface area contributed by atoms with Crippen LogP contribution in [0.15, 0.2) is 9.52 Å². The number of hydrogen-bond donors (Lipinski definition) is 2. The van der Waals surface area contributed by atoms with Crippen molar-refractivity contribution in [2.45, 2.75) is 33.9 Å². The van der Waals surface area contributed by atoms with Crippen LogP contribution in [-0.4, -0.2) is 28.1 Å². The number of aliphatic imine (C=N–C) groups is 1. The number of hydrogen-bond acceptors (Lipinski definition) is 6. The van der Waals surface area contributed by atoms with Crippen molar-refractivity contribution < 1.29 is 4.52 Å². The summed E-state index contributed by atoms with van der Waals surface area (Å²) < 4.78 is 5.02. The van der Waals surface area contributed by atoms with E-state index in [9.17, 15) is 0 Å². The van der Waals surface area contributed by atoms with Gasteiger partial charge in [0.15, 0.2) is 11.8 Å². The first-order valence-electron chi connectivity index (χ1n) is 6.25. The predicted octanol–water partition coefficient (Wildman–Crippen LogP) is 1.32. The average molecular weight is 294 g/mol. The van der Waals surface area contributed by atoms with Crippen LogP contribution >= 0.6 is 11.3 Å². The Labute approximate surface area is 121 Å². The third-order valence-electron chi connectivity index (χ3n) is 2.68. The van der Waals surface area contributed by atoms with Crippen LogP contribution in [0.4, 0.5) is 0 Å². The van der Waals surface area contributed by atoms with Gasteiger partial charge in [-0.1, -0.05) is 5.16 Å². The highest BCUT2D eigenvalue weighted by Gasteiger charge is 2.06. The lowest BCUT2D eigenvalue weighted by Gasteiger charge is -2.08. The molecule has 108 valence electrons. The van der Waals surface area contributed by atoms with E-state index < -0.39 is 0 Å². The van der Waals surface area contributed by atoms with Crippen molar-refractivity contribution >= 4 is 17.3 Å². The maximum atomic E-state index is 5.02. The zero-order valence-electron chi connectivity index (χ0n) is 12.0. The van der Waals surface area contributed by atoms with Crippen LogP contribution in [0.2, 0.25) is 0 Å². The van der Waals surface area contributed by atoms with Crippen LogP contribution in [0.25, 0.3) is 0 Å². The second kappa shape index (κ2) is 6.47. The molecule has 0 aliphatic heterocycles. The third-order valence-corrected chi connectivity index (χ3v) is 3.75. The molecule has 20 heavy (non-hydrogen) atoms. The SMILES string of the molecule is CN=C(NCc1nc(C)no1)NCc1nc(C)c(C)s1. The lowest BCUT2D eigenvalue weighted by Crippen LogP contribution is -2.36. The quantitative estimate of drug-likeness (QED) is 0.653. The highest BCUT2D eigenvalue weighted by Crippen LogP contribution is 2.15. The normalized spacial score (nSPS) is 11.7. The van der Waals surface area contributed by atoms with E-state index in [1.165, 1.54) is 4.88 Å². The largest absolute Gasteiger partial charge is 0.350 e. The van der Waals surface area contributed by atoms with Crippen molar-refractivity contribution in [1.82, 2.24) is 25.8 Å². The highest BCUT2D eigenvalue weighted by atomic mass is 32.1. The molecular formula is C12H18N6OS. The van der Waals surface area contributed by atoms with Gasteiger partial charge in [-0.05, 0) is 20.8 Å². The van der Waals surface area contributed by atoms with E-state index >= 15 is 0 Å². The van der Waals surface area contributed by atoms with Gasteiger partial charge in [0.05, 0.1) is 18.8 Å². The molecule has 0 spiro atoms. The number of aromatic nitrogens is 3. The van der Waals surface area contributed by atoms with Gasteiger partial charge in [0.1, 0.15) is 5.01 Å². The lowest BCUT2D eigenvalue weighted by atomic mass is 10.4. The van der Waals surface area contributed by atoms with Crippen molar-refractivity contribution in [2.24, 2.45) is 4.99 Å². The lowest BCUT2D eigenvalue weighted by molar-refractivity contribution is 0.371. The fraction of sp³-hybridized carbons (Fsp3) is 0.500. The molecule has 0 radical (unpaired) electrons. The molecule has 2 N–H and O–H groups in total. The molecule has 0 saturated heterocycles. The topological polar surface area (TPSA) is 88.2 Å². The number of aryl methyl sites for hydroxylation is 3. The predicted molar refractivity (Wildman–Crippen MR) is 77.7 cm³/mol. The Kier molecular flexibility index (Phi) is 4.67. The Bertz CT molecular complexity index is 583. The van der Waals surface area contributed by atoms with Gasteiger partial charge >= 0.3 is 0 Å². The minimum atomic E-state index is 0.441. The molecule has 7 nitrogen and oxygen atoms in total. The van der Waals surface area contributed by atoms with Crippen LogP contribution in [-0.2, 0) is 13.1 Å². The van der Waals surface area contributed by atoms with E-state index in [2.05, 4.69) is 37.7 Å². The first kappa shape index (κ1) is 14.4. The maximum absolute atomic E-state index is 5.02. The molecule has 0 fully saturated rings. The van der Waals surface area contributed by atoms with E-state index in [1.54, 1.807) is 25.3 Å². The molecule has 2 aromatic heterocycles. The van der Waals surface area contributed by atoms with Crippen LogP contribution in [0, 0.1) is 20.8 Å². The Hall–Kier alpha value is -1.96. The summed E-state index contributed by atoms with van der Waals surface area (Å²) in [6, 6.07) is 0. The minimum absolute atomic E-state index is 0.441. The van der Waals surface area contributed by atoms with Crippen molar-refractivity contribution in [3.8, 4) is 0 Å². The summed E-state index contributed by atoms with van der Waals surface area (Å²) in [7, 11) is 1.72. The van der Waals surface area contributed by atoms with Gasteiger partial charge in [0, 0.05) is 11.9 Å². The van der Waals surface area contributed by atoms with E-state index in [1.807, 2.05) is 6.92 Å². The van der Waals surface area contributed by atoms with Crippen LogP contribution in [0.5, 0.6) is 0 Å². The monoisotopic (exact) mass is 294 g/mol. The Morgan fingerprint density at radius 2 is 1.95 bits per heavy atom. The smallest absolute Gasteiger partial charge is 0.246 e. The van der Waals surface area contributed by atoms with Crippen LogP contribution < -0.4 is 10.6 Å². The van der Waals surface area contributed by atoms with E-state index in [0.29, 0.717) is 30.8 Å². The number of nitrogens with zero attached hydrogens (tertiary/aromatic N) is 4. The first-order valence-corrected chi connectivity index (χ1v) is 7.06. The third kappa shape index (κ3) is 3.77. The number of rotatable bonds is 4. The van der Waals surface area contributed by atoms with Gasteiger partial charge in [-0.3, -0.25) is 4.99 Å². The molecular weight excluding hydrogens is 276 g/mol. The van der Waals surface area contributed by atoms with Gasteiger partial charge in [-0.15, -0.1) is 11.3 Å². The summed E-state index contributed by atoms with van der Waals surface area (Å²) in [5.74, 6) is 1.83. The summed E-state index contributed by atoms with van der Waals surface area (Å²) >= 11 is 1.69. The summed E-state index contributed by atoms with van der Waals surface area (Å²) in [5, 5.41) is 11.1. The molecule has 0 bridgehead atoms. The maximum Gasteiger partial charge on any atom is 0.246 e. The standard InChI is InChI=1S/C12H18N6OS/c1-7-8(2)20-11(16-7)6-15-12(13-4)14-5-10-17-9(3)18-19-10/h5-6H2,1-4H3,(H2,13,14,15). The van der Waals surface area contributed by atoms with Gasteiger partial charge < -0.3 is 15.2 Å². The van der Waals surface area contributed by atoms with Crippen molar-refractivity contribution in [2.75, 3.05) is 7.05 Å². The van der Waals surface area contributed by atoms with Gasteiger partial charge in [-0.2, -0.15) is 4.98 Å². The summed E-state index contributed by atoms with van der Waals surface area (Å²) in [5.41, 5.74) is 1.08. The van der Waals surface area contributed by atoms with Gasteiger partial charge in [0.2, 0.25) is 5.89 Å². The molecule has 2 heterocycles. The first-order chi connectivity index (χ1) is 9.58. The summed E-state index contributed by atoms with van der Waals surface area (Å²) in [4.78, 5) is 14.0. The molecule has 2 rings (SSSR count). The van der Waals surface area contributed by atoms with Crippen molar-refractivity contribution in [3.63, 3.8) is 0 Å². The minimum Gasteiger partial charge on any atom is -0.350 e. The fourth-order valence-electron chi connectivity index (χ4n) is 1.57. The van der Waals surface area contributed by atoms with Gasteiger partial charge in [-0.25, -0.2) is 4.98 Å². The number of nitrogens with one attached hydrogen (secondary N) is 2. The van der Waals surface area contributed by atoms with Crippen molar-refractivity contribution in [3.05, 3.63) is 27.3 Å². The zero-order chi connectivity index (χ0) is 14.5. The van der Waals surface area contributed by atoms with Gasteiger partial charge in [0.25, 0.3) is 0 Å². The van der Waals surface area contributed by atoms with E-state index in [0.717, 1.165) is 10.7 Å². The molecule has 0 aromatic carbocycles. The molecule has 2 aromatic rings. The Morgan fingerprint density at radius 3 is 2.50 bits per heavy atom. The molecule has 0 amide bonds. The van der Waals surface area contributed by atoms with E-state index in [4.69, 9.17) is 4.52 Å².